The Kier molecular flexibility index (Phi) is 6.05. The van der Waals surface area contributed by atoms with Gasteiger partial charge in [0.25, 0.3) is 0 Å². The number of rotatable bonds is 5. The van der Waals surface area contributed by atoms with Crippen LogP contribution in [0, 0.1) is 5.92 Å². The molecule has 21 heavy (non-hydrogen) atoms. The molecule has 1 unspecified atom stereocenters. The largest absolute Gasteiger partial charge is 0.497 e. The molecule has 1 heterocycles. The fourth-order valence-electron chi connectivity index (χ4n) is 2.69. The zero-order valence-corrected chi connectivity index (χ0v) is 13.3. The number of benzene rings is 1. The van der Waals surface area contributed by atoms with Crippen molar-refractivity contribution in [2.45, 2.75) is 32.7 Å². The Hall–Kier alpha value is -1.55. The van der Waals surface area contributed by atoms with Crippen LogP contribution in [-0.2, 0) is 6.54 Å². The van der Waals surface area contributed by atoms with Crippen molar-refractivity contribution < 1.29 is 9.47 Å². The maximum absolute atomic E-state index is 5.43. The SMILES string of the molecule is CCC1CCNCC(=NCc2ccc(OC)cc2OC)C1. The van der Waals surface area contributed by atoms with Gasteiger partial charge in [-0.25, -0.2) is 0 Å². The minimum Gasteiger partial charge on any atom is -0.497 e. The fraction of sp³-hybridized carbons (Fsp3) is 0.588. The lowest BCUT2D eigenvalue weighted by Crippen LogP contribution is -2.20. The standard InChI is InChI=1S/C17H26N2O2/c1-4-13-7-8-18-12-15(9-13)19-11-14-5-6-16(20-2)10-17(14)21-3/h5-6,10,13,18H,4,7-9,11-12H2,1-3H3. The summed E-state index contributed by atoms with van der Waals surface area (Å²) in [5, 5.41) is 3.46. The lowest BCUT2D eigenvalue weighted by Gasteiger charge is -2.12. The van der Waals surface area contributed by atoms with Gasteiger partial charge in [-0.3, -0.25) is 4.99 Å². The highest BCUT2D eigenvalue weighted by Crippen LogP contribution is 2.25. The third-order valence-electron chi connectivity index (χ3n) is 4.13. The molecule has 116 valence electrons. The molecule has 1 aliphatic rings. The van der Waals surface area contributed by atoms with Gasteiger partial charge in [0, 0.05) is 23.9 Å². The summed E-state index contributed by atoms with van der Waals surface area (Å²) in [6.07, 6.45) is 3.59. The van der Waals surface area contributed by atoms with Crippen LogP contribution in [-0.4, -0.2) is 33.0 Å². The third-order valence-corrected chi connectivity index (χ3v) is 4.13. The Bertz CT molecular complexity index is 486. The number of hydrogen-bond acceptors (Lipinski definition) is 4. The molecule has 1 saturated heterocycles. The summed E-state index contributed by atoms with van der Waals surface area (Å²) in [7, 11) is 3.35. The summed E-state index contributed by atoms with van der Waals surface area (Å²) >= 11 is 0. The van der Waals surface area contributed by atoms with E-state index in [9.17, 15) is 0 Å². The molecule has 0 radical (unpaired) electrons. The zero-order chi connectivity index (χ0) is 15.1. The lowest BCUT2D eigenvalue weighted by atomic mass is 9.97. The summed E-state index contributed by atoms with van der Waals surface area (Å²) in [6.45, 7) is 4.94. The maximum atomic E-state index is 5.43. The highest BCUT2D eigenvalue weighted by atomic mass is 16.5. The molecule has 0 aromatic heterocycles. The molecule has 4 heteroatoms. The monoisotopic (exact) mass is 290 g/mol. The van der Waals surface area contributed by atoms with Crippen molar-refractivity contribution in [1.29, 1.82) is 0 Å². The molecule has 0 saturated carbocycles. The zero-order valence-electron chi connectivity index (χ0n) is 13.3. The van der Waals surface area contributed by atoms with Crippen molar-refractivity contribution in [2.75, 3.05) is 27.3 Å². The Balaban J connectivity index is 2.08. The van der Waals surface area contributed by atoms with Gasteiger partial charge < -0.3 is 14.8 Å². The molecule has 1 N–H and O–H groups in total. The van der Waals surface area contributed by atoms with Crippen LogP contribution < -0.4 is 14.8 Å². The van der Waals surface area contributed by atoms with E-state index in [0.29, 0.717) is 6.54 Å². The minimum absolute atomic E-state index is 0.667. The van der Waals surface area contributed by atoms with E-state index in [1.165, 1.54) is 18.6 Å². The second-order valence-electron chi connectivity index (χ2n) is 5.50. The minimum atomic E-state index is 0.667. The van der Waals surface area contributed by atoms with E-state index in [4.69, 9.17) is 14.5 Å². The summed E-state index contributed by atoms with van der Waals surface area (Å²) < 4.78 is 10.7. The van der Waals surface area contributed by atoms with Gasteiger partial charge in [-0.15, -0.1) is 0 Å². The third kappa shape index (κ3) is 4.46. The van der Waals surface area contributed by atoms with Crippen LogP contribution >= 0.6 is 0 Å². The first-order valence-corrected chi connectivity index (χ1v) is 7.70. The van der Waals surface area contributed by atoms with Crippen LogP contribution in [0.1, 0.15) is 31.7 Å². The van der Waals surface area contributed by atoms with Crippen molar-refractivity contribution in [3.8, 4) is 11.5 Å². The molecule has 0 amide bonds. The molecule has 1 aromatic carbocycles. The Labute approximate surface area is 127 Å². The van der Waals surface area contributed by atoms with Crippen LogP contribution in [0.15, 0.2) is 23.2 Å². The smallest absolute Gasteiger partial charge is 0.127 e. The number of hydrogen-bond donors (Lipinski definition) is 1. The summed E-state index contributed by atoms with van der Waals surface area (Å²) in [5.41, 5.74) is 2.38. The van der Waals surface area contributed by atoms with Gasteiger partial charge in [0.1, 0.15) is 11.5 Å². The average molecular weight is 290 g/mol. The summed E-state index contributed by atoms with van der Waals surface area (Å²) in [4.78, 5) is 4.81. The second kappa shape index (κ2) is 8.03. The predicted molar refractivity (Wildman–Crippen MR) is 86.6 cm³/mol. The molecular weight excluding hydrogens is 264 g/mol. The molecule has 1 atom stereocenters. The predicted octanol–water partition coefficient (Wildman–Crippen LogP) is 3.05. The molecular formula is C17H26N2O2. The van der Waals surface area contributed by atoms with Crippen molar-refractivity contribution in [1.82, 2.24) is 5.32 Å². The topological polar surface area (TPSA) is 42.9 Å². The second-order valence-corrected chi connectivity index (χ2v) is 5.50. The quantitative estimate of drug-likeness (QED) is 0.906. The Morgan fingerprint density at radius 1 is 1.29 bits per heavy atom. The van der Waals surface area contributed by atoms with E-state index in [0.717, 1.165) is 42.5 Å². The van der Waals surface area contributed by atoms with Crippen molar-refractivity contribution in [3.63, 3.8) is 0 Å². The number of methoxy groups -OCH3 is 2. The fourth-order valence-corrected chi connectivity index (χ4v) is 2.69. The van der Waals surface area contributed by atoms with Crippen LogP contribution in [0.25, 0.3) is 0 Å². The van der Waals surface area contributed by atoms with Gasteiger partial charge >= 0.3 is 0 Å². The first kappa shape index (κ1) is 15.8. The van der Waals surface area contributed by atoms with E-state index >= 15 is 0 Å². The van der Waals surface area contributed by atoms with Crippen molar-refractivity contribution in [3.05, 3.63) is 23.8 Å². The molecule has 1 aromatic rings. The van der Waals surface area contributed by atoms with Gasteiger partial charge in [-0.2, -0.15) is 0 Å². The molecule has 0 spiro atoms. The number of ether oxygens (including phenoxy) is 2. The Morgan fingerprint density at radius 3 is 2.86 bits per heavy atom. The highest BCUT2D eigenvalue weighted by Gasteiger charge is 2.14. The summed E-state index contributed by atoms with van der Waals surface area (Å²) in [6, 6.07) is 5.90. The average Bonchev–Trinajstić information content (AvgIpc) is 2.77. The molecule has 0 aliphatic carbocycles. The lowest BCUT2D eigenvalue weighted by molar-refractivity contribution is 0.391. The first-order chi connectivity index (χ1) is 10.3. The number of nitrogens with zero attached hydrogens (tertiary/aromatic N) is 1. The summed E-state index contributed by atoms with van der Waals surface area (Å²) in [5.74, 6) is 2.41. The van der Waals surface area contributed by atoms with E-state index in [1.807, 2.05) is 18.2 Å². The van der Waals surface area contributed by atoms with Gasteiger partial charge in [0.15, 0.2) is 0 Å². The normalized spacial score (nSPS) is 21.1. The molecule has 1 fully saturated rings. The van der Waals surface area contributed by atoms with E-state index in [-0.39, 0.29) is 0 Å². The van der Waals surface area contributed by atoms with Crippen LogP contribution in [0.2, 0.25) is 0 Å². The van der Waals surface area contributed by atoms with Gasteiger partial charge in [0.2, 0.25) is 0 Å². The van der Waals surface area contributed by atoms with Crippen molar-refractivity contribution >= 4 is 5.71 Å². The van der Waals surface area contributed by atoms with E-state index in [1.54, 1.807) is 14.2 Å². The molecule has 0 bridgehead atoms. The maximum Gasteiger partial charge on any atom is 0.127 e. The van der Waals surface area contributed by atoms with Crippen molar-refractivity contribution in [2.24, 2.45) is 10.9 Å². The Morgan fingerprint density at radius 2 is 2.14 bits per heavy atom. The van der Waals surface area contributed by atoms with Crippen LogP contribution in [0.3, 0.4) is 0 Å². The van der Waals surface area contributed by atoms with Crippen LogP contribution in [0.4, 0.5) is 0 Å². The molecule has 1 aliphatic heterocycles. The van der Waals surface area contributed by atoms with E-state index in [2.05, 4.69) is 12.2 Å². The number of nitrogens with one attached hydrogen (secondary N) is 1. The molecule has 4 nitrogen and oxygen atoms in total. The van der Waals surface area contributed by atoms with Gasteiger partial charge in [-0.05, 0) is 37.4 Å². The van der Waals surface area contributed by atoms with Gasteiger partial charge in [0.05, 0.1) is 20.8 Å². The first-order valence-electron chi connectivity index (χ1n) is 7.70. The van der Waals surface area contributed by atoms with E-state index < -0.39 is 0 Å². The highest BCUT2D eigenvalue weighted by molar-refractivity contribution is 5.86. The number of aliphatic imine (C=N–C) groups is 1. The molecule has 2 rings (SSSR count). The van der Waals surface area contributed by atoms with Gasteiger partial charge in [-0.1, -0.05) is 13.3 Å². The van der Waals surface area contributed by atoms with Crippen LogP contribution in [0.5, 0.6) is 11.5 Å².